The molecule has 2 amide bonds. The summed E-state index contributed by atoms with van der Waals surface area (Å²) in [5.41, 5.74) is 0. The summed E-state index contributed by atoms with van der Waals surface area (Å²) in [7, 11) is 0. The molecule has 0 bridgehead atoms. The molecule has 3 aliphatic heterocycles. The second-order valence-corrected chi connectivity index (χ2v) is 6.70. The Balaban J connectivity index is 1.76. The van der Waals surface area contributed by atoms with E-state index < -0.39 is 0 Å². The topological polar surface area (TPSA) is 49.9 Å². The van der Waals surface area contributed by atoms with Gasteiger partial charge in [0.15, 0.2) is 0 Å². The molecule has 2 atom stereocenters. The molecule has 18 heavy (non-hydrogen) atoms. The molecule has 0 radical (unpaired) electrons. The fraction of sp³-hybridized carbons (Fsp3) is 0.833. The van der Waals surface area contributed by atoms with Crippen LogP contribution in [0.3, 0.4) is 0 Å². The number of morpholine rings is 1. The van der Waals surface area contributed by atoms with Crippen molar-refractivity contribution in [3.05, 3.63) is 0 Å². The Labute approximate surface area is 111 Å². The summed E-state index contributed by atoms with van der Waals surface area (Å²) in [6.45, 7) is 4.60. The van der Waals surface area contributed by atoms with E-state index in [1.165, 1.54) is 0 Å². The number of hydrogen-bond acceptors (Lipinski definition) is 4. The van der Waals surface area contributed by atoms with E-state index in [0.717, 1.165) is 12.2 Å². The van der Waals surface area contributed by atoms with Gasteiger partial charge >= 0.3 is 0 Å². The van der Waals surface area contributed by atoms with Crippen molar-refractivity contribution < 1.29 is 14.3 Å². The third kappa shape index (κ3) is 1.82. The van der Waals surface area contributed by atoms with Crippen LogP contribution in [0.5, 0.6) is 0 Å². The van der Waals surface area contributed by atoms with Crippen molar-refractivity contribution >= 4 is 23.6 Å². The second-order valence-electron chi connectivity index (χ2n) is 5.20. The molecular weight excluding hydrogens is 252 g/mol. The van der Waals surface area contributed by atoms with E-state index in [-0.39, 0.29) is 22.7 Å². The highest BCUT2D eigenvalue weighted by molar-refractivity contribution is 8.01. The van der Waals surface area contributed by atoms with Crippen LogP contribution in [0.15, 0.2) is 0 Å². The molecule has 6 heteroatoms. The summed E-state index contributed by atoms with van der Waals surface area (Å²) in [6, 6.07) is -0.256. The zero-order chi connectivity index (χ0) is 12.8. The van der Waals surface area contributed by atoms with Gasteiger partial charge in [-0.2, -0.15) is 0 Å². The average molecular weight is 270 g/mol. The molecule has 100 valence electrons. The first-order valence-electron chi connectivity index (χ1n) is 6.44. The Kier molecular flexibility index (Phi) is 3.02. The van der Waals surface area contributed by atoms with Gasteiger partial charge in [0.2, 0.25) is 11.8 Å². The number of amides is 2. The fourth-order valence-electron chi connectivity index (χ4n) is 3.00. The lowest BCUT2D eigenvalue weighted by Gasteiger charge is -2.34. The van der Waals surface area contributed by atoms with E-state index in [4.69, 9.17) is 4.74 Å². The lowest BCUT2D eigenvalue weighted by molar-refractivity contribution is -0.146. The molecule has 3 saturated heterocycles. The Morgan fingerprint density at radius 3 is 2.89 bits per heavy atom. The number of carbonyl (C=O) groups is 2. The van der Waals surface area contributed by atoms with Crippen molar-refractivity contribution in [3.63, 3.8) is 0 Å². The quantitative estimate of drug-likeness (QED) is 0.687. The number of carbonyl (C=O) groups excluding carboxylic acids is 2. The summed E-state index contributed by atoms with van der Waals surface area (Å²) < 4.78 is 5.26. The SMILES string of the molecule is C[C@@]12CCC(=O)N1[C@@H](C(=O)N1CCOCC1)CS2. The third-order valence-corrected chi connectivity index (χ3v) is 5.56. The Morgan fingerprint density at radius 1 is 1.44 bits per heavy atom. The van der Waals surface area contributed by atoms with Crippen LogP contribution in [-0.4, -0.2) is 64.6 Å². The van der Waals surface area contributed by atoms with Gasteiger partial charge in [-0.25, -0.2) is 0 Å². The van der Waals surface area contributed by atoms with E-state index in [0.29, 0.717) is 32.7 Å². The number of thioether (sulfide) groups is 1. The van der Waals surface area contributed by atoms with Crippen LogP contribution in [-0.2, 0) is 14.3 Å². The number of fused-ring (bicyclic) bond motifs is 1. The summed E-state index contributed by atoms with van der Waals surface area (Å²) >= 11 is 1.75. The zero-order valence-corrected chi connectivity index (χ0v) is 11.4. The lowest BCUT2D eigenvalue weighted by Crippen LogP contribution is -2.53. The van der Waals surface area contributed by atoms with Crippen LogP contribution in [0.2, 0.25) is 0 Å². The van der Waals surface area contributed by atoms with Crippen molar-refractivity contribution in [2.75, 3.05) is 32.1 Å². The highest BCUT2D eigenvalue weighted by Crippen LogP contribution is 2.47. The van der Waals surface area contributed by atoms with Crippen molar-refractivity contribution in [1.82, 2.24) is 9.80 Å². The van der Waals surface area contributed by atoms with E-state index in [2.05, 4.69) is 6.92 Å². The summed E-state index contributed by atoms with van der Waals surface area (Å²) in [4.78, 5) is 28.0. The van der Waals surface area contributed by atoms with Crippen molar-refractivity contribution in [2.24, 2.45) is 0 Å². The van der Waals surface area contributed by atoms with Crippen LogP contribution >= 0.6 is 11.8 Å². The maximum atomic E-state index is 12.5. The zero-order valence-electron chi connectivity index (χ0n) is 10.6. The van der Waals surface area contributed by atoms with Gasteiger partial charge in [0, 0.05) is 25.3 Å². The van der Waals surface area contributed by atoms with Crippen LogP contribution in [0, 0.1) is 0 Å². The van der Waals surface area contributed by atoms with Crippen LogP contribution in [0.4, 0.5) is 0 Å². The molecule has 0 N–H and O–H groups in total. The molecule has 3 fully saturated rings. The predicted octanol–water partition coefficient (Wildman–Crippen LogP) is 0.299. The first-order chi connectivity index (χ1) is 8.62. The van der Waals surface area contributed by atoms with Gasteiger partial charge < -0.3 is 14.5 Å². The molecule has 3 aliphatic rings. The molecule has 0 aromatic heterocycles. The molecule has 0 spiro atoms. The van der Waals surface area contributed by atoms with E-state index >= 15 is 0 Å². The van der Waals surface area contributed by atoms with Crippen LogP contribution in [0.25, 0.3) is 0 Å². The summed E-state index contributed by atoms with van der Waals surface area (Å²) in [5.74, 6) is 0.970. The Bertz CT molecular complexity index is 384. The maximum Gasteiger partial charge on any atom is 0.246 e. The molecule has 0 aromatic carbocycles. The average Bonchev–Trinajstić information content (AvgIpc) is 2.87. The minimum atomic E-state index is -0.256. The van der Waals surface area contributed by atoms with Crippen LogP contribution < -0.4 is 0 Å². The monoisotopic (exact) mass is 270 g/mol. The first kappa shape index (κ1) is 12.3. The van der Waals surface area contributed by atoms with E-state index in [9.17, 15) is 9.59 Å². The molecular formula is C12H18N2O3S. The van der Waals surface area contributed by atoms with Gasteiger partial charge in [-0.3, -0.25) is 9.59 Å². The molecule has 0 saturated carbocycles. The first-order valence-corrected chi connectivity index (χ1v) is 7.43. The second kappa shape index (κ2) is 4.42. The molecule has 0 aliphatic carbocycles. The normalized spacial score (nSPS) is 36.1. The summed E-state index contributed by atoms with van der Waals surface area (Å²) in [6.07, 6.45) is 1.44. The fourth-order valence-corrected chi connectivity index (χ4v) is 4.42. The van der Waals surface area contributed by atoms with Gasteiger partial charge in [-0.15, -0.1) is 11.8 Å². The number of hydrogen-bond donors (Lipinski definition) is 0. The molecule has 0 unspecified atom stereocenters. The van der Waals surface area contributed by atoms with Crippen molar-refractivity contribution in [1.29, 1.82) is 0 Å². The molecule has 3 heterocycles. The largest absolute Gasteiger partial charge is 0.378 e. The Hall–Kier alpha value is -0.750. The number of ether oxygens (including phenoxy) is 1. The predicted molar refractivity (Wildman–Crippen MR) is 68.1 cm³/mol. The molecule has 5 nitrogen and oxygen atoms in total. The number of nitrogens with zero attached hydrogens (tertiary/aromatic N) is 2. The minimum absolute atomic E-state index is 0.102. The van der Waals surface area contributed by atoms with E-state index in [1.807, 2.05) is 9.80 Å². The van der Waals surface area contributed by atoms with Gasteiger partial charge in [0.1, 0.15) is 6.04 Å². The highest BCUT2D eigenvalue weighted by Gasteiger charge is 2.53. The standard InChI is InChI=1S/C12H18N2O3S/c1-12-3-2-10(15)14(12)9(8-18-12)11(16)13-4-6-17-7-5-13/h9H,2-8H2,1H3/t9-,12-/m1/s1. The smallest absolute Gasteiger partial charge is 0.246 e. The lowest BCUT2D eigenvalue weighted by atomic mass is 10.2. The Morgan fingerprint density at radius 2 is 2.17 bits per heavy atom. The molecule has 3 rings (SSSR count). The van der Waals surface area contributed by atoms with Gasteiger partial charge in [0.25, 0.3) is 0 Å². The highest BCUT2D eigenvalue weighted by atomic mass is 32.2. The third-order valence-electron chi connectivity index (χ3n) is 4.05. The molecule has 0 aromatic rings. The van der Waals surface area contributed by atoms with Gasteiger partial charge in [-0.1, -0.05) is 0 Å². The van der Waals surface area contributed by atoms with Crippen molar-refractivity contribution in [2.45, 2.75) is 30.7 Å². The number of rotatable bonds is 1. The maximum absolute atomic E-state index is 12.5. The van der Waals surface area contributed by atoms with Crippen molar-refractivity contribution in [3.8, 4) is 0 Å². The summed E-state index contributed by atoms with van der Waals surface area (Å²) in [5, 5.41) is 0. The van der Waals surface area contributed by atoms with Gasteiger partial charge in [-0.05, 0) is 13.3 Å². The minimum Gasteiger partial charge on any atom is -0.378 e. The van der Waals surface area contributed by atoms with Crippen LogP contribution in [0.1, 0.15) is 19.8 Å². The van der Waals surface area contributed by atoms with E-state index in [1.54, 1.807) is 11.8 Å². The van der Waals surface area contributed by atoms with Gasteiger partial charge in [0.05, 0.1) is 18.1 Å².